The van der Waals surface area contributed by atoms with Crippen LogP contribution in [0.4, 0.5) is 4.79 Å². The summed E-state index contributed by atoms with van der Waals surface area (Å²) in [6, 6.07) is 16.3. The summed E-state index contributed by atoms with van der Waals surface area (Å²) in [5.41, 5.74) is 5.26. The summed E-state index contributed by atoms with van der Waals surface area (Å²) < 4.78 is 5.54. The monoisotopic (exact) mass is 493 g/mol. The Hall–Kier alpha value is -3.72. The summed E-state index contributed by atoms with van der Waals surface area (Å²) >= 11 is 1.35. The number of carbonyl (C=O) groups excluding carboxylic acids is 2. The fourth-order valence-electron chi connectivity index (χ4n) is 4.19. The average molecular weight is 494 g/mol. The van der Waals surface area contributed by atoms with Crippen LogP contribution in [0.2, 0.25) is 0 Å². The van der Waals surface area contributed by atoms with Crippen molar-refractivity contribution in [2.45, 2.75) is 32.2 Å². The molecule has 0 spiro atoms. The molecule has 2 aromatic carbocycles. The lowest BCUT2D eigenvalue weighted by Gasteiger charge is -2.14. The lowest BCUT2D eigenvalue weighted by atomic mass is 9.98. The molecule has 2 amide bonds. The second-order valence-corrected chi connectivity index (χ2v) is 9.54. The van der Waals surface area contributed by atoms with E-state index in [-0.39, 0.29) is 43.7 Å². The summed E-state index contributed by atoms with van der Waals surface area (Å²) in [6.45, 7) is 2.51. The summed E-state index contributed by atoms with van der Waals surface area (Å²) in [5, 5.41) is 16.7. The van der Waals surface area contributed by atoms with Crippen molar-refractivity contribution in [3.8, 4) is 11.1 Å². The molecule has 0 fully saturated rings. The van der Waals surface area contributed by atoms with Gasteiger partial charge in [0.25, 0.3) is 0 Å². The third kappa shape index (κ3) is 6.24. The molecule has 8 nitrogen and oxygen atoms in total. The molecule has 35 heavy (non-hydrogen) atoms. The van der Waals surface area contributed by atoms with Crippen molar-refractivity contribution in [1.82, 2.24) is 15.6 Å². The highest BCUT2D eigenvalue weighted by atomic mass is 32.1. The Kier molecular flexibility index (Phi) is 7.77. The van der Waals surface area contributed by atoms with Gasteiger partial charge in [0.05, 0.1) is 18.7 Å². The number of hydrogen-bond acceptors (Lipinski definition) is 6. The minimum atomic E-state index is -0.889. The second kappa shape index (κ2) is 11.1. The number of fused-ring (bicyclic) bond motifs is 3. The highest BCUT2D eigenvalue weighted by Gasteiger charge is 2.29. The van der Waals surface area contributed by atoms with E-state index in [1.165, 1.54) is 22.5 Å². The fraction of sp³-hybridized carbons (Fsp3) is 0.308. The van der Waals surface area contributed by atoms with Gasteiger partial charge in [-0.1, -0.05) is 55.5 Å². The first-order valence-corrected chi connectivity index (χ1v) is 12.3. The summed E-state index contributed by atoms with van der Waals surface area (Å²) in [5.74, 6) is -1.26. The fourth-order valence-corrected chi connectivity index (χ4v) is 4.93. The number of aromatic nitrogens is 1. The van der Waals surface area contributed by atoms with Gasteiger partial charge in [-0.25, -0.2) is 9.78 Å². The Labute approximate surface area is 207 Å². The molecule has 1 aliphatic carbocycles. The maximum atomic E-state index is 12.3. The van der Waals surface area contributed by atoms with Crippen LogP contribution in [0.3, 0.4) is 0 Å². The zero-order chi connectivity index (χ0) is 24.8. The predicted octanol–water partition coefficient (Wildman–Crippen LogP) is 3.95. The van der Waals surface area contributed by atoms with Crippen LogP contribution in [0, 0.1) is 5.92 Å². The van der Waals surface area contributed by atoms with Gasteiger partial charge in [-0.3, -0.25) is 9.59 Å². The Morgan fingerprint density at radius 3 is 2.37 bits per heavy atom. The van der Waals surface area contributed by atoms with Crippen molar-refractivity contribution in [3.63, 3.8) is 0 Å². The SMILES string of the molecule is CC(CNC(=O)Cc1csc(CNC(=O)OCC2c3ccccc3-c3ccccc32)n1)CC(=O)O. The van der Waals surface area contributed by atoms with Gasteiger partial charge in [0.2, 0.25) is 5.91 Å². The molecule has 3 aromatic rings. The molecule has 9 heteroatoms. The van der Waals surface area contributed by atoms with E-state index in [2.05, 4.69) is 39.9 Å². The molecule has 0 saturated carbocycles. The third-order valence-corrected chi connectivity index (χ3v) is 6.74. The molecule has 1 aliphatic rings. The number of ether oxygens (including phenoxy) is 1. The molecule has 1 unspecified atom stereocenters. The van der Waals surface area contributed by atoms with Crippen LogP contribution in [-0.4, -0.2) is 41.2 Å². The summed E-state index contributed by atoms with van der Waals surface area (Å²) in [7, 11) is 0. The number of alkyl carbamates (subject to hydrolysis) is 1. The first-order valence-electron chi connectivity index (χ1n) is 11.4. The van der Waals surface area contributed by atoms with Crippen LogP contribution >= 0.6 is 11.3 Å². The number of benzene rings is 2. The van der Waals surface area contributed by atoms with E-state index in [4.69, 9.17) is 9.84 Å². The molecule has 1 aromatic heterocycles. The molecule has 1 heterocycles. The first-order chi connectivity index (χ1) is 16.9. The molecule has 0 aliphatic heterocycles. The number of carbonyl (C=O) groups is 3. The van der Waals surface area contributed by atoms with Gasteiger partial charge in [-0.05, 0) is 28.2 Å². The molecule has 0 saturated heterocycles. The van der Waals surface area contributed by atoms with E-state index in [1.807, 2.05) is 24.3 Å². The number of amides is 2. The number of hydrogen-bond donors (Lipinski definition) is 3. The van der Waals surface area contributed by atoms with Gasteiger partial charge in [0.1, 0.15) is 11.6 Å². The quantitative estimate of drug-likeness (QED) is 0.394. The summed E-state index contributed by atoms with van der Waals surface area (Å²) in [6.07, 6.45) is -0.419. The highest BCUT2D eigenvalue weighted by Crippen LogP contribution is 2.44. The third-order valence-electron chi connectivity index (χ3n) is 5.84. The maximum absolute atomic E-state index is 12.3. The molecule has 4 rings (SSSR count). The molecule has 3 N–H and O–H groups in total. The zero-order valence-electron chi connectivity index (χ0n) is 19.3. The van der Waals surface area contributed by atoms with Gasteiger partial charge in [-0.2, -0.15) is 0 Å². The van der Waals surface area contributed by atoms with Crippen molar-refractivity contribution in [1.29, 1.82) is 0 Å². The highest BCUT2D eigenvalue weighted by molar-refractivity contribution is 7.09. The number of rotatable bonds is 10. The molecular weight excluding hydrogens is 466 g/mol. The smallest absolute Gasteiger partial charge is 0.407 e. The van der Waals surface area contributed by atoms with Gasteiger partial charge >= 0.3 is 12.1 Å². The largest absolute Gasteiger partial charge is 0.481 e. The Morgan fingerprint density at radius 2 is 1.71 bits per heavy atom. The lowest BCUT2D eigenvalue weighted by molar-refractivity contribution is -0.138. The van der Waals surface area contributed by atoms with Crippen LogP contribution in [0.15, 0.2) is 53.9 Å². The second-order valence-electron chi connectivity index (χ2n) is 8.60. The van der Waals surface area contributed by atoms with Crippen LogP contribution in [-0.2, 0) is 27.3 Å². The molecular formula is C26H27N3O5S. The zero-order valence-corrected chi connectivity index (χ0v) is 20.1. The number of thiazole rings is 1. The standard InChI is InChI=1S/C26H27N3O5S/c1-16(10-25(31)32)12-27-23(30)11-17-15-35-24(29-17)13-28-26(33)34-14-22-20-8-4-2-6-18(20)19-7-3-5-9-21(19)22/h2-9,15-16,22H,10-14H2,1H3,(H,27,30)(H,28,33)(H,31,32). The number of carboxylic acids is 1. The van der Waals surface area contributed by atoms with E-state index in [1.54, 1.807) is 12.3 Å². The Balaban J connectivity index is 1.23. The maximum Gasteiger partial charge on any atom is 0.407 e. The number of nitrogens with zero attached hydrogens (tertiary/aromatic N) is 1. The van der Waals surface area contributed by atoms with Crippen LogP contribution in [0.25, 0.3) is 11.1 Å². The van der Waals surface area contributed by atoms with E-state index in [9.17, 15) is 14.4 Å². The summed E-state index contributed by atoms with van der Waals surface area (Å²) in [4.78, 5) is 39.5. The average Bonchev–Trinajstić information content (AvgIpc) is 3.42. The van der Waals surface area contributed by atoms with Crippen molar-refractivity contribution < 1.29 is 24.2 Å². The predicted molar refractivity (Wildman–Crippen MR) is 132 cm³/mol. The van der Waals surface area contributed by atoms with Crippen LogP contribution < -0.4 is 10.6 Å². The van der Waals surface area contributed by atoms with E-state index in [0.717, 1.165) is 11.1 Å². The van der Waals surface area contributed by atoms with Gasteiger partial charge in [0.15, 0.2) is 0 Å². The molecule has 0 radical (unpaired) electrons. The minimum absolute atomic E-state index is 0.00265. The van der Waals surface area contributed by atoms with Crippen LogP contribution in [0.1, 0.15) is 41.1 Å². The van der Waals surface area contributed by atoms with Crippen molar-refractivity contribution in [2.24, 2.45) is 5.92 Å². The van der Waals surface area contributed by atoms with Crippen molar-refractivity contribution in [2.75, 3.05) is 13.2 Å². The lowest BCUT2D eigenvalue weighted by Crippen LogP contribution is -2.30. The van der Waals surface area contributed by atoms with Gasteiger partial charge in [-0.15, -0.1) is 11.3 Å². The first kappa shape index (κ1) is 24.4. The topological polar surface area (TPSA) is 118 Å². The Morgan fingerprint density at radius 1 is 1.06 bits per heavy atom. The molecule has 182 valence electrons. The van der Waals surface area contributed by atoms with E-state index >= 15 is 0 Å². The minimum Gasteiger partial charge on any atom is -0.481 e. The Bertz CT molecular complexity index is 1180. The normalized spacial score (nSPS) is 12.9. The van der Waals surface area contributed by atoms with E-state index in [0.29, 0.717) is 17.2 Å². The number of aliphatic carboxylic acids is 1. The van der Waals surface area contributed by atoms with Gasteiger partial charge in [0, 0.05) is 24.3 Å². The van der Waals surface area contributed by atoms with E-state index < -0.39 is 12.1 Å². The van der Waals surface area contributed by atoms with Crippen molar-refractivity contribution >= 4 is 29.3 Å². The molecule has 1 atom stereocenters. The van der Waals surface area contributed by atoms with Crippen LogP contribution in [0.5, 0.6) is 0 Å². The number of carboxylic acid groups (broad SMARTS) is 1. The van der Waals surface area contributed by atoms with Gasteiger partial charge < -0.3 is 20.5 Å². The van der Waals surface area contributed by atoms with Crippen molar-refractivity contribution in [3.05, 3.63) is 75.7 Å². The number of nitrogens with one attached hydrogen (secondary N) is 2. The molecule has 0 bridgehead atoms.